The monoisotopic (exact) mass is 207 g/mol. The Kier molecular flexibility index (Phi) is 3.55. The van der Waals surface area contributed by atoms with Gasteiger partial charge in [-0.25, -0.2) is 14.4 Å². The fourth-order valence-electron chi connectivity index (χ4n) is 1.21. The Morgan fingerprint density at radius 3 is 2.53 bits per heavy atom. The highest BCUT2D eigenvalue weighted by atomic mass is 19.1. The Labute approximate surface area is 88.2 Å². The number of rotatable bonds is 0. The molecule has 80 valence electrons. The lowest BCUT2D eigenvalue weighted by atomic mass is 10.1. The van der Waals surface area contributed by atoms with Gasteiger partial charge < -0.3 is 5.73 Å². The van der Waals surface area contributed by atoms with Crippen molar-refractivity contribution in [1.82, 2.24) is 9.97 Å². The van der Waals surface area contributed by atoms with Crippen LogP contribution in [0.3, 0.4) is 0 Å². The molecule has 0 amide bonds. The molecule has 1 aromatic carbocycles. The third kappa shape index (κ3) is 2.21. The molecule has 3 nitrogen and oxygen atoms in total. The van der Waals surface area contributed by atoms with E-state index in [1.165, 1.54) is 12.4 Å². The lowest BCUT2D eigenvalue weighted by Gasteiger charge is -2.01. The number of aromatic nitrogens is 2. The Balaban J connectivity index is 0.000000531. The Hall–Kier alpha value is -1.71. The van der Waals surface area contributed by atoms with E-state index < -0.39 is 0 Å². The number of hydrogen-bond acceptors (Lipinski definition) is 3. The second-order valence-electron chi connectivity index (χ2n) is 2.88. The molecule has 0 saturated heterocycles. The Morgan fingerprint density at radius 1 is 1.20 bits per heavy atom. The molecule has 4 heteroatoms. The summed E-state index contributed by atoms with van der Waals surface area (Å²) in [5.74, 6) is 0.110. The van der Waals surface area contributed by atoms with Crippen molar-refractivity contribution in [3.8, 4) is 0 Å². The van der Waals surface area contributed by atoms with Gasteiger partial charge in [0.05, 0.1) is 5.52 Å². The van der Waals surface area contributed by atoms with E-state index in [0.29, 0.717) is 22.3 Å². The maximum absolute atomic E-state index is 13.1. The maximum Gasteiger partial charge on any atom is 0.134 e. The molecule has 2 rings (SSSR count). The van der Waals surface area contributed by atoms with Crippen LogP contribution in [0.15, 0.2) is 18.5 Å². The van der Waals surface area contributed by atoms with Crippen LogP contribution in [-0.4, -0.2) is 9.97 Å². The van der Waals surface area contributed by atoms with Crippen LogP contribution in [0.5, 0.6) is 0 Å². The molecule has 0 unspecified atom stereocenters. The number of fused-ring (bicyclic) bond motifs is 1. The van der Waals surface area contributed by atoms with E-state index in [4.69, 9.17) is 5.73 Å². The minimum Gasteiger partial charge on any atom is -0.383 e. The summed E-state index contributed by atoms with van der Waals surface area (Å²) in [6, 6.07) is 3.02. The first-order chi connectivity index (χ1) is 7.18. The lowest BCUT2D eigenvalue weighted by molar-refractivity contribution is 0.620. The predicted octanol–water partition coefficient (Wildman–Crippen LogP) is 2.69. The van der Waals surface area contributed by atoms with Crippen molar-refractivity contribution in [3.05, 3.63) is 29.8 Å². The first kappa shape index (κ1) is 11.4. The van der Waals surface area contributed by atoms with E-state index in [1.807, 2.05) is 13.8 Å². The number of benzene rings is 1. The fourth-order valence-corrected chi connectivity index (χ4v) is 1.21. The average molecular weight is 207 g/mol. The van der Waals surface area contributed by atoms with E-state index in [2.05, 4.69) is 9.97 Å². The smallest absolute Gasteiger partial charge is 0.134 e. The second-order valence-corrected chi connectivity index (χ2v) is 2.88. The van der Waals surface area contributed by atoms with Gasteiger partial charge in [-0.2, -0.15) is 0 Å². The van der Waals surface area contributed by atoms with Crippen LogP contribution in [0.4, 0.5) is 10.2 Å². The zero-order valence-electron chi connectivity index (χ0n) is 9.08. The maximum atomic E-state index is 13.1. The molecule has 0 aliphatic rings. The van der Waals surface area contributed by atoms with Crippen LogP contribution < -0.4 is 5.73 Å². The number of aryl methyl sites for hydroxylation is 1. The van der Waals surface area contributed by atoms with Gasteiger partial charge in [0.2, 0.25) is 0 Å². The van der Waals surface area contributed by atoms with Crippen molar-refractivity contribution in [3.63, 3.8) is 0 Å². The van der Waals surface area contributed by atoms with Gasteiger partial charge in [0.25, 0.3) is 0 Å². The van der Waals surface area contributed by atoms with Crippen molar-refractivity contribution in [1.29, 1.82) is 0 Å². The molecule has 0 spiro atoms. The topological polar surface area (TPSA) is 51.8 Å². The summed E-state index contributed by atoms with van der Waals surface area (Å²) in [5.41, 5.74) is 6.69. The van der Waals surface area contributed by atoms with E-state index in [0.717, 1.165) is 0 Å². The lowest BCUT2D eigenvalue weighted by Crippen LogP contribution is -1.94. The SMILES string of the molecule is CC.Cc1cc2c(N)ncnc2cc1F. The van der Waals surface area contributed by atoms with Gasteiger partial charge in [-0.05, 0) is 18.6 Å². The molecule has 0 saturated carbocycles. The van der Waals surface area contributed by atoms with Gasteiger partial charge in [0.15, 0.2) is 0 Å². The van der Waals surface area contributed by atoms with Gasteiger partial charge in [-0.15, -0.1) is 0 Å². The third-order valence-electron chi connectivity index (χ3n) is 1.95. The molecule has 1 aromatic heterocycles. The summed E-state index contributed by atoms with van der Waals surface area (Å²) < 4.78 is 13.1. The average Bonchev–Trinajstić information content (AvgIpc) is 2.24. The molecule has 1 heterocycles. The zero-order valence-corrected chi connectivity index (χ0v) is 9.08. The summed E-state index contributed by atoms with van der Waals surface area (Å²) in [4.78, 5) is 7.74. The molecule has 2 N–H and O–H groups in total. The molecule has 0 atom stereocenters. The predicted molar refractivity (Wildman–Crippen MR) is 60.0 cm³/mol. The number of nitrogens with two attached hydrogens (primary N) is 1. The fraction of sp³-hybridized carbons (Fsp3) is 0.273. The first-order valence-electron chi connectivity index (χ1n) is 4.85. The molecular weight excluding hydrogens is 193 g/mol. The minimum absolute atomic E-state index is 0.273. The number of nitrogen functional groups attached to an aromatic ring is 1. The van der Waals surface area contributed by atoms with Gasteiger partial charge in [0, 0.05) is 11.5 Å². The summed E-state index contributed by atoms with van der Waals surface area (Å²) in [7, 11) is 0. The van der Waals surface area contributed by atoms with E-state index in [9.17, 15) is 4.39 Å². The van der Waals surface area contributed by atoms with E-state index in [-0.39, 0.29) is 5.82 Å². The highest BCUT2D eigenvalue weighted by Gasteiger charge is 2.04. The largest absolute Gasteiger partial charge is 0.383 e. The second kappa shape index (κ2) is 4.68. The molecule has 0 bridgehead atoms. The van der Waals surface area contributed by atoms with Crippen LogP contribution in [0.25, 0.3) is 10.9 Å². The van der Waals surface area contributed by atoms with Crippen LogP contribution in [-0.2, 0) is 0 Å². The third-order valence-corrected chi connectivity index (χ3v) is 1.95. The minimum atomic E-state index is -0.273. The number of nitrogens with zero attached hydrogens (tertiary/aromatic N) is 2. The Bertz CT molecular complexity index is 469. The quantitative estimate of drug-likeness (QED) is 0.722. The molecule has 15 heavy (non-hydrogen) atoms. The first-order valence-corrected chi connectivity index (χ1v) is 4.85. The van der Waals surface area contributed by atoms with Crippen molar-refractivity contribution >= 4 is 16.7 Å². The van der Waals surface area contributed by atoms with Crippen LogP contribution in [0.1, 0.15) is 19.4 Å². The van der Waals surface area contributed by atoms with Crippen molar-refractivity contribution < 1.29 is 4.39 Å². The highest BCUT2D eigenvalue weighted by molar-refractivity contribution is 5.88. The van der Waals surface area contributed by atoms with Gasteiger partial charge in [0.1, 0.15) is 18.0 Å². The number of halogens is 1. The van der Waals surface area contributed by atoms with Crippen molar-refractivity contribution in [2.45, 2.75) is 20.8 Å². The summed E-state index contributed by atoms with van der Waals surface area (Å²) in [5, 5.41) is 0.696. The molecule has 0 aliphatic heterocycles. The summed E-state index contributed by atoms with van der Waals surface area (Å²) >= 11 is 0. The van der Waals surface area contributed by atoms with Crippen LogP contribution in [0, 0.1) is 12.7 Å². The van der Waals surface area contributed by atoms with Crippen LogP contribution >= 0.6 is 0 Å². The molecular formula is C11H14FN3. The summed E-state index contributed by atoms with van der Waals surface area (Å²) in [6.07, 6.45) is 1.33. The number of anilines is 1. The van der Waals surface area contributed by atoms with Crippen LogP contribution in [0.2, 0.25) is 0 Å². The zero-order chi connectivity index (χ0) is 11.4. The van der Waals surface area contributed by atoms with Gasteiger partial charge in [-0.3, -0.25) is 0 Å². The summed E-state index contributed by atoms with van der Waals surface area (Å²) in [6.45, 7) is 5.68. The molecule has 2 aromatic rings. The van der Waals surface area contributed by atoms with Crippen molar-refractivity contribution in [2.24, 2.45) is 0 Å². The van der Waals surface area contributed by atoms with Crippen molar-refractivity contribution in [2.75, 3.05) is 5.73 Å². The standard InChI is InChI=1S/C9H8FN3.C2H6/c1-5-2-6-8(3-7(5)10)12-4-13-9(6)11;1-2/h2-4H,1H3,(H2,11,12,13);1-2H3. The van der Waals surface area contributed by atoms with Gasteiger partial charge >= 0.3 is 0 Å². The van der Waals surface area contributed by atoms with Gasteiger partial charge in [-0.1, -0.05) is 13.8 Å². The molecule has 0 fully saturated rings. The molecule has 0 aliphatic carbocycles. The highest BCUT2D eigenvalue weighted by Crippen LogP contribution is 2.19. The number of hydrogen-bond donors (Lipinski definition) is 1. The van der Waals surface area contributed by atoms with E-state index in [1.54, 1.807) is 13.0 Å². The Morgan fingerprint density at radius 2 is 1.87 bits per heavy atom. The molecule has 0 radical (unpaired) electrons. The van der Waals surface area contributed by atoms with E-state index >= 15 is 0 Å². The normalized spacial score (nSPS) is 9.60.